The van der Waals surface area contributed by atoms with Crippen LogP contribution in [0.15, 0.2) is 65.6 Å². The highest BCUT2D eigenvalue weighted by atomic mass is 35.5. The molecule has 0 radical (unpaired) electrons. The first kappa shape index (κ1) is 22.2. The summed E-state index contributed by atoms with van der Waals surface area (Å²) in [6, 6.07) is 17.4. The van der Waals surface area contributed by atoms with E-state index in [1.54, 1.807) is 18.2 Å². The lowest BCUT2D eigenvalue weighted by Gasteiger charge is -2.34. The van der Waals surface area contributed by atoms with Crippen LogP contribution in [0.2, 0.25) is 5.02 Å². The van der Waals surface area contributed by atoms with Gasteiger partial charge in [0.1, 0.15) is 0 Å². The van der Waals surface area contributed by atoms with E-state index in [0.29, 0.717) is 48.4 Å². The van der Waals surface area contributed by atoms with Crippen LogP contribution in [0, 0.1) is 0 Å². The smallest absolute Gasteiger partial charge is 0.243 e. The predicted octanol–water partition coefficient (Wildman–Crippen LogP) is 3.27. The van der Waals surface area contributed by atoms with E-state index in [0.717, 1.165) is 5.56 Å². The monoisotopic (exact) mass is 471 g/mol. The highest BCUT2D eigenvalue weighted by Gasteiger charge is 2.29. The molecule has 166 valence electrons. The molecule has 1 N–H and O–H groups in total. The van der Waals surface area contributed by atoms with Gasteiger partial charge in [0.2, 0.25) is 15.9 Å². The molecule has 0 unspecified atom stereocenters. The van der Waals surface area contributed by atoms with Crippen molar-refractivity contribution in [2.24, 2.45) is 0 Å². The summed E-state index contributed by atoms with van der Waals surface area (Å²) in [6.45, 7) is 3.08. The van der Waals surface area contributed by atoms with Crippen molar-refractivity contribution in [1.82, 2.24) is 14.5 Å². The summed E-state index contributed by atoms with van der Waals surface area (Å²) in [6.07, 6.45) is 0. The van der Waals surface area contributed by atoms with Crippen LogP contribution in [-0.4, -0.2) is 55.0 Å². The Morgan fingerprint density at radius 2 is 1.62 bits per heavy atom. The van der Waals surface area contributed by atoms with Crippen LogP contribution in [0.1, 0.15) is 6.92 Å². The average Bonchev–Trinajstić information content (AvgIpc) is 2.80. The van der Waals surface area contributed by atoms with E-state index in [9.17, 15) is 13.2 Å². The number of piperazine rings is 1. The first-order valence-electron chi connectivity index (χ1n) is 10.1. The molecular formula is C22H22ClN5O3S. The van der Waals surface area contributed by atoms with Crippen LogP contribution in [0.3, 0.4) is 0 Å². The van der Waals surface area contributed by atoms with Gasteiger partial charge in [0.25, 0.3) is 0 Å². The van der Waals surface area contributed by atoms with Gasteiger partial charge in [-0.25, -0.2) is 8.42 Å². The number of halogens is 1. The minimum Gasteiger partial charge on any atom is -0.352 e. The molecule has 0 bridgehead atoms. The number of anilines is 2. The second kappa shape index (κ2) is 9.23. The largest absolute Gasteiger partial charge is 0.352 e. The molecular weight excluding hydrogens is 450 g/mol. The van der Waals surface area contributed by atoms with E-state index in [4.69, 9.17) is 11.6 Å². The number of nitrogens with one attached hydrogen (secondary N) is 1. The number of carbonyl (C=O) groups excluding carboxylic acids is 1. The maximum Gasteiger partial charge on any atom is 0.243 e. The maximum atomic E-state index is 13.0. The Labute approximate surface area is 191 Å². The summed E-state index contributed by atoms with van der Waals surface area (Å²) < 4.78 is 27.4. The van der Waals surface area contributed by atoms with E-state index < -0.39 is 10.0 Å². The number of benzene rings is 2. The summed E-state index contributed by atoms with van der Waals surface area (Å²) in [5.41, 5.74) is 2.05. The van der Waals surface area contributed by atoms with Crippen molar-refractivity contribution in [3.63, 3.8) is 0 Å². The first-order valence-corrected chi connectivity index (χ1v) is 11.9. The fourth-order valence-corrected chi connectivity index (χ4v) is 5.18. The van der Waals surface area contributed by atoms with Crippen molar-refractivity contribution in [1.29, 1.82) is 0 Å². The molecule has 3 aromatic rings. The van der Waals surface area contributed by atoms with Gasteiger partial charge in [-0.1, -0.05) is 29.8 Å². The van der Waals surface area contributed by atoms with E-state index in [1.807, 2.05) is 35.2 Å². The Bertz CT molecular complexity index is 1210. The molecule has 1 fully saturated rings. The number of carbonyl (C=O) groups is 1. The molecule has 4 rings (SSSR count). The van der Waals surface area contributed by atoms with Gasteiger partial charge in [0.05, 0.1) is 15.6 Å². The Hall–Kier alpha value is -3.01. The van der Waals surface area contributed by atoms with E-state index >= 15 is 0 Å². The summed E-state index contributed by atoms with van der Waals surface area (Å²) in [5, 5.41) is 11.8. The number of rotatable bonds is 5. The Morgan fingerprint density at radius 3 is 2.22 bits per heavy atom. The second-order valence-corrected chi connectivity index (χ2v) is 9.70. The molecule has 0 spiro atoms. The topological polar surface area (TPSA) is 95.5 Å². The molecule has 0 aliphatic carbocycles. The van der Waals surface area contributed by atoms with Crippen LogP contribution < -0.4 is 10.2 Å². The number of sulfonamides is 1. The number of hydrogen-bond acceptors (Lipinski definition) is 6. The van der Waals surface area contributed by atoms with E-state index in [2.05, 4.69) is 15.5 Å². The highest BCUT2D eigenvalue weighted by molar-refractivity contribution is 7.89. The van der Waals surface area contributed by atoms with E-state index in [1.165, 1.54) is 23.4 Å². The minimum absolute atomic E-state index is 0.198. The molecule has 1 aliphatic rings. The Morgan fingerprint density at radius 1 is 0.938 bits per heavy atom. The normalized spacial score (nSPS) is 14.9. The molecule has 2 heterocycles. The standard InChI is InChI=1S/C22H22ClN5O3S/c1-16(29)24-17-6-8-18(9-7-17)32(30,31)28-14-12-27(13-15-28)22-11-10-21(25-26-22)19-4-2-3-5-20(19)23/h2-11H,12-15H2,1H3,(H,24,29). The van der Waals surface area contributed by atoms with Crippen molar-refractivity contribution in [3.05, 3.63) is 65.7 Å². The maximum absolute atomic E-state index is 13.0. The first-order chi connectivity index (χ1) is 15.3. The lowest BCUT2D eigenvalue weighted by molar-refractivity contribution is -0.114. The van der Waals surface area contributed by atoms with Crippen molar-refractivity contribution in [2.75, 3.05) is 36.4 Å². The number of amides is 1. The van der Waals surface area contributed by atoms with E-state index in [-0.39, 0.29) is 10.8 Å². The van der Waals surface area contributed by atoms with Crippen LogP contribution in [0.5, 0.6) is 0 Å². The van der Waals surface area contributed by atoms with Gasteiger partial charge in [-0.3, -0.25) is 4.79 Å². The van der Waals surface area contributed by atoms with Gasteiger partial charge in [0, 0.05) is 44.4 Å². The fourth-order valence-electron chi connectivity index (χ4n) is 3.53. The Kier molecular flexibility index (Phi) is 6.40. The molecule has 1 aromatic heterocycles. The van der Waals surface area contributed by atoms with Crippen molar-refractivity contribution in [3.8, 4) is 11.3 Å². The summed E-state index contributed by atoms with van der Waals surface area (Å²) in [7, 11) is -3.62. The molecule has 2 aromatic carbocycles. The minimum atomic E-state index is -3.62. The molecule has 1 aliphatic heterocycles. The lowest BCUT2D eigenvalue weighted by Crippen LogP contribution is -2.49. The molecule has 8 nitrogen and oxygen atoms in total. The molecule has 0 atom stereocenters. The summed E-state index contributed by atoms with van der Waals surface area (Å²) in [5.74, 6) is 0.484. The third-order valence-corrected chi connectivity index (χ3v) is 7.42. The van der Waals surface area contributed by atoms with Gasteiger partial charge in [-0.15, -0.1) is 10.2 Å². The molecule has 1 saturated heterocycles. The van der Waals surface area contributed by atoms with Crippen molar-refractivity contribution < 1.29 is 13.2 Å². The number of aromatic nitrogens is 2. The average molecular weight is 472 g/mol. The third-order valence-electron chi connectivity index (χ3n) is 5.18. The third kappa shape index (κ3) is 4.74. The van der Waals surface area contributed by atoms with Crippen LogP contribution in [-0.2, 0) is 14.8 Å². The van der Waals surface area contributed by atoms with Gasteiger partial charge in [0.15, 0.2) is 5.82 Å². The summed E-state index contributed by atoms with van der Waals surface area (Å²) >= 11 is 6.23. The van der Waals surface area contributed by atoms with Crippen LogP contribution >= 0.6 is 11.6 Å². The molecule has 1 amide bonds. The quantitative estimate of drug-likeness (QED) is 0.613. The van der Waals surface area contributed by atoms with Gasteiger partial charge < -0.3 is 10.2 Å². The van der Waals surface area contributed by atoms with Crippen molar-refractivity contribution >= 4 is 39.0 Å². The fraction of sp³-hybridized carbons (Fsp3) is 0.227. The number of hydrogen-bond donors (Lipinski definition) is 1. The number of nitrogens with zero attached hydrogens (tertiary/aromatic N) is 4. The molecule has 10 heteroatoms. The van der Waals surface area contributed by atoms with Gasteiger partial charge in [-0.05, 0) is 42.5 Å². The molecule has 0 saturated carbocycles. The zero-order chi connectivity index (χ0) is 22.7. The molecule has 32 heavy (non-hydrogen) atoms. The highest BCUT2D eigenvalue weighted by Crippen LogP contribution is 2.27. The van der Waals surface area contributed by atoms with Crippen LogP contribution in [0.4, 0.5) is 11.5 Å². The lowest BCUT2D eigenvalue weighted by atomic mass is 10.1. The SMILES string of the molecule is CC(=O)Nc1ccc(S(=O)(=O)N2CCN(c3ccc(-c4ccccc4Cl)nn3)CC2)cc1. The summed E-state index contributed by atoms with van der Waals surface area (Å²) in [4.78, 5) is 13.3. The predicted molar refractivity (Wildman–Crippen MR) is 124 cm³/mol. The zero-order valence-corrected chi connectivity index (χ0v) is 19.0. The van der Waals surface area contributed by atoms with Crippen LogP contribution in [0.25, 0.3) is 11.3 Å². The Balaban J connectivity index is 1.41. The van der Waals surface area contributed by atoms with Gasteiger partial charge >= 0.3 is 0 Å². The second-order valence-electron chi connectivity index (χ2n) is 7.35. The van der Waals surface area contributed by atoms with Gasteiger partial charge in [-0.2, -0.15) is 4.31 Å². The zero-order valence-electron chi connectivity index (χ0n) is 17.4. The van der Waals surface area contributed by atoms with Crippen molar-refractivity contribution in [2.45, 2.75) is 11.8 Å².